The Morgan fingerprint density at radius 1 is 1.03 bits per heavy atom. The van der Waals surface area contributed by atoms with Crippen molar-refractivity contribution in [3.63, 3.8) is 0 Å². The smallest absolute Gasteiger partial charge is 0.300 e. The number of amides is 1. The van der Waals surface area contributed by atoms with E-state index in [-0.39, 0.29) is 16.9 Å². The van der Waals surface area contributed by atoms with E-state index in [0.29, 0.717) is 22.6 Å². The molecule has 0 bridgehead atoms. The molecule has 0 aliphatic carbocycles. The summed E-state index contributed by atoms with van der Waals surface area (Å²) in [5, 5.41) is 11.3. The van der Waals surface area contributed by atoms with Crippen LogP contribution in [-0.2, 0) is 9.59 Å². The molecular weight excluding hydrogens is 459 g/mol. The molecule has 3 aromatic rings. The first kappa shape index (κ1) is 25.0. The number of ether oxygens (including phenoxy) is 1. The molecule has 1 heterocycles. The molecule has 0 spiro atoms. The summed E-state index contributed by atoms with van der Waals surface area (Å²) >= 11 is 0. The fraction of sp³-hybridized carbons (Fsp3) is 0.241. The van der Waals surface area contributed by atoms with Crippen molar-refractivity contribution in [3.8, 4) is 5.75 Å². The van der Waals surface area contributed by atoms with Crippen LogP contribution < -0.4 is 14.5 Å². The Bertz CT molecular complexity index is 1330. The number of carbonyl (C=O) groups excluding carboxylic acids is 2. The van der Waals surface area contributed by atoms with Gasteiger partial charge in [-0.3, -0.25) is 14.5 Å². The number of methoxy groups -OCH3 is 1. The first-order chi connectivity index (χ1) is 17.3. The van der Waals surface area contributed by atoms with E-state index in [9.17, 15) is 19.1 Å². The highest BCUT2D eigenvalue weighted by Crippen LogP contribution is 2.45. The Morgan fingerprint density at radius 3 is 2.31 bits per heavy atom. The number of Topliss-reactive ketones (excluding diaryl/α,β-unsaturated/α-hetero) is 1. The number of hydrogen-bond donors (Lipinski definition) is 1. The highest BCUT2D eigenvalue weighted by Gasteiger charge is 2.47. The minimum atomic E-state index is -0.905. The van der Waals surface area contributed by atoms with E-state index in [2.05, 4.69) is 18.7 Å². The first-order valence-corrected chi connectivity index (χ1v) is 11.9. The van der Waals surface area contributed by atoms with E-state index in [1.165, 1.54) is 30.2 Å². The quantitative estimate of drug-likeness (QED) is 0.266. The number of aliphatic hydroxyl groups excluding tert-OH is 1. The number of aliphatic hydroxyl groups is 1. The Morgan fingerprint density at radius 2 is 1.69 bits per heavy atom. The number of nitrogens with zero attached hydrogens (tertiary/aromatic N) is 2. The molecule has 6 nitrogen and oxygen atoms in total. The third kappa shape index (κ3) is 4.33. The van der Waals surface area contributed by atoms with Gasteiger partial charge in [-0.05, 0) is 74.4 Å². The van der Waals surface area contributed by atoms with E-state index >= 15 is 0 Å². The monoisotopic (exact) mass is 488 g/mol. The highest BCUT2D eigenvalue weighted by molar-refractivity contribution is 6.51. The molecule has 3 aromatic carbocycles. The van der Waals surface area contributed by atoms with Gasteiger partial charge >= 0.3 is 0 Å². The summed E-state index contributed by atoms with van der Waals surface area (Å²) in [6, 6.07) is 17.7. The molecule has 1 aliphatic heterocycles. The van der Waals surface area contributed by atoms with Crippen LogP contribution in [-0.4, -0.2) is 37.0 Å². The second kappa shape index (κ2) is 10.2. The molecule has 4 rings (SSSR count). The minimum absolute atomic E-state index is 0.0625. The zero-order valence-electron chi connectivity index (χ0n) is 20.8. The third-order valence-corrected chi connectivity index (χ3v) is 6.56. The number of carbonyl (C=O) groups is 2. The number of ketones is 1. The van der Waals surface area contributed by atoms with E-state index in [1.807, 2.05) is 24.3 Å². The summed E-state index contributed by atoms with van der Waals surface area (Å²) in [5.41, 5.74) is 2.58. The lowest BCUT2D eigenvalue weighted by Crippen LogP contribution is -2.30. The Kier molecular flexibility index (Phi) is 7.10. The van der Waals surface area contributed by atoms with E-state index in [0.717, 1.165) is 18.8 Å². The molecule has 0 radical (unpaired) electrons. The van der Waals surface area contributed by atoms with Crippen LogP contribution in [0.15, 0.2) is 72.3 Å². The van der Waals surface area contributed by atoms with Gasteiger partial charge in [0.15, 0.2) is 0 Å². The summed E-state index contributed by atoms with van der Waals surface area (Å²) in [4.78, 5) is 30.3. The molecule has 1 unspecified atom stereocenters. The van der Waals surface area contributed by atoms with Crippen molar-refractivity contribution in [2.45, 2.75) is 26.8 Å². The molecule has 186 valence electrons. The lowest BCUT2D eigenvalue weighted by molar-refractivity contribution is -0.132. The molecule has 1 fully saturated rings. The number of halogens is 1. The van der Waals surface area contributed by atoms with Gasteiger partial charge in [0.05, 0.1) is 24.4 Å². The Labute approximate surface area is 210 Å². The third-order valence-electron chi connectivity index (χ3n) is 6.56. The normalized spacial score (nSPS) is 16.9. The van der Waals surface area contributed by atoms with Crippen LogP contribution >= 0.6 is 0 Å². The largest absolute Gasteiger partial charge is 0.507 e. The standard InChI is InChI=1S/C29H29FN2O4/c1-5-31(6-2)21-14-11-19(12-15-21)26-25(27(33)20-13-16-22(30)18(3)17-20)28(34)29(35)32(26)23-9-7-8-10-24(23)36-4/h7-17,26,33H,5-6H2,1-4H3/b27-25-. The van der Waals surface area contributed by atoms with Crippen LogP contribution in [0.2, 0.25) is 0 Å². The van der Waals surface area contributed by atoms with Gasteiger partial charge in [-0.25, -0.2) is 4.39 Å². The maximum atomic E-state index is 13.9. The number of para-hydroxylation sites is 2. The number of anilines is 2. The van der Waals surface area contributed by atoms with Crippen LogP contribution in [0.25, 0.3) is 5.76 Å². The summed E-state index contributed by atoms with van der Waals surface area (Å²) < 4.78 is 19.4. The SMILES string of the molecule is CCN(CC)c1ccc(C2/C(=C(/O)c3ccc(F)c(C)c3)C(=O)C(=O)N2c2ccccc2OC)cc1. The van der Waals surface area contributed by atoms with Gasteiger partial charge in [-0.15, -0.1) is 0 Å². The van der Waals surface area contributed by atoms with E-state index < -0.39 is 23.5 Å². The number of benzene rings is 3. The van der Waals surface area contributed by atoms with Gasteiger partial charge in [-0.1, -0.05) is 24.3 Å². The van der Waals surface area contributed by atoms with Gasteiger partial charge in [0, 0.05) is 24.3 Å². The second-order valence-electron chi connectivity index (χ2n) is 8.57. The fourth-order valence-corrected chi connectivity index (χ4v) is 4.63. The molecule has 1 aliphatic rings. The minimum Gasteiger partial charge on any atom is -0.507 e. The van der Waals surface area contributed by atoms with E-state index in [4.69, 9.17) is 4.74 Å². The average Bonchev–Trinajstić information content (AvgIpc) is 3.16. The molecule has 0 aromatic heterocycles. The van der Waals surface area contributed by atoms with Crippen molar-refractivity contribution in [2.75, 3.05) is 30.0 Å². The maximum Gasteiger partial charge on any atom is 0.300 e. The number of aryl methyl sites for hydroxylation is 1. The van der Waals surface area contributed by atoms with Crippen LogP contribution in [0.1, 0.15) is 36.6 Å². The fourth-order valence-electron chi connectivity index (χ4n) is 4.63. The molecule has 1 saturated heterocycles. The van der Waals surface area contributed by atoms with Crippen molar-refractivity contribution in [1.29, 1.82) is 0 Å². The average molecular weight is 489 g/mol. The van der Waals surface area contributed by atoms with Crippen molar-refractivity contribution < 1.29 is 23.8 Å². The summed E-state index contributed by atoms with van der Waals surface area (Å²) in [6.45, 7) is 7.37. The van der Waals surface area contributed by atoms with Crippen LogP contribution in [0.4, 0.5) is 15.8 Å². The molecule has 1 N–H and O–H groups in total. The lowest BCUT2D eigenvalue weighted by atomic mass is 9.94. The zero-order chi connectivity index (χ0) is 26.0. The van der Waals surface area contributed by atoms with Gasteiger partial charge < -0.3 is 14.7 Å². The molecule has 0 saturated carbocycles. The zero-order valence-corrected chi connectivity index (χ0v) is 20.8. The molecule has 1 amide bonds. The Hall–Kier alpha value is -4.13. The van der Waals surface area contributed by atoms with Crippen LogP contribution in [0, 0.1) is 12.7 Å². The van der Waals surface area contributed by atoms with Crippen molar-refractivity contribution in [1.82, 2.24) is 0 Å². The Balaban J connectivity index is 1.94. The summed E-state index contributed by atoms with van der Waals surface area (Å²) in [5.74, 6) is -1.96. The first-order valence-electron chi connectivity index (χ1n) is 11.9. The molecule has 36 heavy (non-hydrogen) atoms. The molecule has 7 heteroatoms. The van der Waals surface area contributed by atoms with Crippen LogP contribution in [0.3, 0.4) is 0 Å². The maximum absolute atomic E-state index is 13.9. The number of rotatable bonds is 7. The van der Waals surface area contributed by atoms with Gasteiger partial charge in [0.25, 0.3) is 11.7 Å². The highest BCUT2D eigenvalue weighted by atomic mass is 19.1. The van der Waals surface area contributed by atoms with Crippen molar-refractivity contribution in [2.24, 2.45) is 0 Å². The second-order valence-corrected chi connectivity index (χ2v) is 8.57. The predicted molar refractivity (Wildman–Crippen MR) is 139 cm³/mol. The summed E-state index contributed by atoms with van der Waals surface area (Å²) in [6.07, 6.45) is 0. The van der Waals surface area contributed by atoms with Gasteiger partial charge in [0.1, 0.15) is 17.3 Å². The molecule has 1 atom stereocenters. The van der Waals surface area contributed by atoms with Gasteiger partial charge in [0.2, 0.25) is 0 Å². The molecular formula is C29H29FN2O4. The predicted octanol–water partition coefficient (Wildman–Crippen LogP) is 5.62. The lowest BCUT2D eigenvalue weighted by Gasteiger charge is -2.27. The van der Waals surface area contributed by atoms with Crippen molar-refractivity contribution >= 4 is 28.8 Å². The van der Waals surface area contributed by atoms with E-state index in [1.54, 1.807) is 31.2 Å². The topological polar surface area (TPSA) is 70.1 Å². The van der Waals surface area contributed by atoms with Crippen LogP contribution in [0.5, 0.6) is 5.75 Å². The summed E-state index contributed by atoms with van der Waals surface area (Å²) in [7, 11) is 1.49. The van der Waals surface area contributed by atoms with Gasteiger partial charge in [-0.2, -0.15) is 0 Å². The van der Waals surface area contributed by atoms with Crippen molar-refractivity contribution in [3.05, 3.63) is 94.8 Å². The number of hydrogen-bond acceptors (Lipinski definition) is 5.